The molecular weight excluding hydrogens is 312 g/mol. The van der Waals surface area contributed by atoms with Crippen molar-refractivity contribution in [3.05, 3.63) is 22.4 Å². The molecule has 0 saturated heterocycles. The van der Waals surface area contributed by atoms with E-state index in [0.717, 1.165) is 24.5 Å². The predicted octanol–water partition coefficient (Wildman–Crippen LogP) is 2.41. The van der Waals surface area contributed by atoms with Crippen molar-refractivity contribution in [1.82, 2.24) is 9.80 Å². The molecule has 0 saturated carbocycles. The molecule has 5 nitrogen and oxygen atoms in total. The SMILES string of the molecule is CCOC(=O)CCN(CCN(CC)CC)C(=O)Cc1cccs1. The molecule has 0 radical (unpaired) electrons. The molecule has 23 heavy (non-hydrogen) atoms. The minimum atomic E-state index is -0.246. The summed E-state index contributed by atoms with van der Waals surface area (Å²) in [5.41, 5.74) is 0. The van der Waals surface area contributed by atoms with Crippen LogP contribution < -0.4 is 0 Å². The van der Waals surface area contributed by atoms with E-state index in [1.807, 2.05) is 17.5 Å². The monoisotopic (exact) mass is 340 g/mol. The van der Waals surface area contributed by atoms with Crippen molar-refractivity contribution in [3.8, 4) is 0 Å². The highest BCUT2D eigenvalue weighted by atomic mass is 32.1. The van der Waals surface area contributed by atoms with Crippen LogP contribution in [0.1, 0.15) is 32.1 Å². The van der Waals surface area contributed by atoms with Crippen LogP contribution in [0.3, 0.4) is 0 Å². The minimum Gasteiger partial charge on any atom is -0.466 e. The second kappa shape index (κ2) is 11.2. The molecule has 0 spiro atoms. The highest BCUT2D eigenvalue weighted by Gasteiger charge is 2.17. The lowest BCUT2D eigenvalue weighted by Gasteiger charge is -2.26. The van der Waals surface area contributed by atoms with Gasteiger partial charge in [0.1, 0.15) is 0 Å². The Labute approximate surface area is 143 Å². The molecule has 0 aliphatic carbocycles. The van der Waals surface area contributed by atoms with Crippen molar-refractivity contribution in [2.24, 2.45) is 0 Å². The molecule has 0 aliphatic heterocycles. The molecule has 1 rings (SSSR count). The molecule has 0 bridgehead atoms. The lowest BCUT2D eigenvalue weighted by atomic mass is 10.2. The van der Waals surface area contributed by atoms with Crippen molar-refractivity contribution in [2.45, 2.75) is 33.6 Å². The highest BCUT2D eigenvalue weighted by molar-refractivity contribution is 7.10. The number of hydrogen-bond donors (Lipinski definition) is 0. The number of likely N-dealkylation sites (N-methyl/N-ethyl adjacent to an activating group) is 1. The molecule has 0 fully saturated rings. The molecule has 1 amide bonds. The third-order valence-corrected chi connectivity index (χ3v) is 4.61. The van der Waals surface area contributed by atoms with Crippen LogP contribution in [0.25, 0.3) is 0 Å². The zero-order valence-electron chi connectivity index (χ0n) is 14.4. The van der Waals surface area contributed by atoms with Gasteiger partial charge in [-0.15, -0.1) is 11.3 Å². The Morgan fingerprint density at radius 2 is 1.87 bits per heavy atom. The fraction of sp³-hybridized carbons (Fsp3) is 0.647. The van der Waals surface area contributed by atoms with Crippen LogP contribution in [0.2, 0.25) is 0 Å². The first-order chi connectivity index (χ1) is 11.1. The largest absolute Gasteiger partial charge is 0.466 e. The van der Waals surface area contributed by atoms with Gasteiger partial charge in [0.2, 0.25) is 5.91 Å². The summed E-state index contributed by atoms with van der Waals surface area (Å²) in [6, 6.07) is 3.92. The molecule has 1 aromatic rings. The molecule has 0 N–H and O–H groups in total. The van der Waals surface area contributed by atoms with Gasteiger partial charge in [0.25, 0.3) is 0 Å². The summed E-state index contributed by atoms with van der Waals surface area (Å²) in [6.45, 7) is 10.2. The number of carbonyl (C=O) groups excluding carboxylic acids is 2. The molecule has 130 valence electrons. The van der Waals surface area contributed by atoms with Crippen LogP contribution in [-0.4, -0.2) is 61.0 Å². The second-order valence-corrected chi connectivity index (χ2v) is 6.25. The molecule has 0 atom stereocenters. The maximum absolute atomic E-state index is 12.5. The number of esters is 1. The predicted molar refractivity (Wildman–Crippen MR) is 93.6 cm³/mol. The number of rotatable bonds is 11. The fourth-order valence-corrected chi connectivity index (χ4v) is 2.99. The molecular formula is C17H28N2O3S. The number of nitrogens with zero attached hydrogens (tertiary/aromatic N) is 2. The quantitative estimate of drug-likeness (QED) is 0.581. The van der Waals surface area contributed by atoms with Crippen LogP contribution in [-0.2, 0) is 20.7 Å². The summed E-state index contributed by atoms with van der Waals surface area (Å²) in [5, 5.41) is 1.97. The number of carbonyl (C=O) groups is 2. The Balaban J connectivity index is 2.58. The smallest absolute Gasteiger partial charge is 0.307 e. The first kappa shape index (κ1) is 19.6. The molecule has 1 heterocycles. The van der Waals surface area contributed by atoms with Crippen molar-refractivity contribution in [2.75, 3.05) is 39.3 Å². The van der Waals surface area contributed by atoms with Gasteiger partial charge in [-0.05, 0) is 31.5 Å². The molecule has 6 heteroatoms. The Kier molecular flexibility index (Phi) is 9.55. The Morgan fingerprint density at radius 3 is 2.43 bits per heavy atom. The molecule has 0 aromatic carbocycles. The second-order valence-electron chi connectivity index (χ2n) is 5.22. The first-order valence-corrected chi connectivity index (χ1v) is 9.16. The number of amides is 1. The van der Waals surface area contributed by atoms with Gasteiger partial charge >= 0.3 is 5.97 Å². The van der Waals surface area contributed by atoms with Gasteiger partial charge in [-0.2, -0.15) is 0 Å². The van der Waals surface area contributed by atoms with Crippen LogP contribution in [0.4, 0.5) is 0 Å². The van der Waals surface area contributed by atoms with Gasteiger partial charge in [-0.3, -0.25) is 9.59 Å². The zero-order valence-corrected chi connectivity index (χ0v) is 15.2. The van der Waals surface area contributed by atoms with Gasteiger partial charge in [-0.1, -0.05) is 19.9 Å². The summed E-state index contributed by atoms with van der Waals surface area (Å²) in [7, 11) is 0. The average molecular weight is 340 g/mol. The Hall–Kier alpha value is -1.40. The summed E-state index contributed by atoms with van der Waals surface area (Å²) in [5.74, 6) is -0.173. The summed E-state index contributed by atoms with van der Waals surface area (Å²) < 4.78 is 4.96. The summed E-state index contributed by atoms with van der Waals surface area (Å²) >= 11 is 1.59. The van der Waals surface area contributed by atoms with Crippen molar-refractivity contribution in [1.29, 1.82) is 0 Å². The van der Waals surface area contributed by atoms with E-state index in [0.29, 0.717) is 26.1 Å². The van der Waals surface area contributed by atoms with Crippen LogP contribution in [0, 0.1) is 0 Å². The first-order valence-electron chi connectivity index (χ1n) is 8.28. The summed E-state index contributed by atoms with van der Waals surface area (Å²) in [4.78, 5) is 29.2. The maximum atomic E-state index is 12.5. The fourth-order valence-electron chi connectivity index (χ4n) is 2.30. The van der Waals surface area contributed by atoms with E-state index in [2.05, 4.69) is 18.7 Å². The number of thiophene rings is 1. The van der Waals surface area contributed by atoms with Gasteiger partial charge in [0.05, 0.1) is 19.4 Å². The van der Waals surface area contributed by atoms with Crippen molar-refractivity contribution >= 4 is 23.2 Å². The van der Waals surface area contributed by atoms with E-state index in [1.54, 1.807) is 23.2 Å². The van der Waals surface area contributed by atoms with E-state index in [9.17, 15) is 9.59 Å². The van der Waals surface area contributed by atoms with Gasteiger partial charge in [0.15, 0.2) is 0 Å². The number of ether oxygens (including phenoxy) is 1. The summed E-state index contributed by atoms with van der Waals surface area (Å²) in [6.07, 6.45) is 0.654. The normalized spacial score (nSPS) is 10.8. The highest BCUT2D eigenvalue weighted by Crippen LogP contribution is 2.11. The van der Waals surface area contributed by atoms with Gasteiger partial charge in [0, 0.05) is 24.5 Å². The zero-order chi connectivity index (χ0) is 17.1. The van der Waals surface area contributed by atoms with E-state index in [4.69, 9.17) is 4.74 Å². The Bertz CT molecular complexity index is 458. The molecule has 0 aliphatic rings. The third-order valence-electron chi connectivity index (χ3n) is 3.73. The van der Waals surface area contributed by atoms with Crippen molar-refractivity contribution < 1.29 is 14.3 Å². The standard InChI is InChI=1S/C17H28N2O3S/c1-4-18(5-2)11-12-19(10-9-17(21)22-6-3)16(20)14-15-8-7-13-23-15/h7-8,13H,4-6,9-12,14H2,1-3H3. The average Bonchev–Trinajstić information content (AvgIpc) is 3.04. The van der Waals surface area contributed by atoms with Crippen LogP contribution in [0.5, 0.6) is 0 Å². The minimum absolute atomic E-state index is 0.0731. The van der Waals surface area contributed by atoms with E-state index in [-0.39, 0.29) is 18.3 Å². The van der Waals surface area contributed by atoms with E-state index in [1.165, 1.54) is 0 Å². The topological polar surface area (TPSA) is 49.9 Å². The van der Waals surface area contributed by atoms with E-state index < -0.39 is 0 Å². The molecule has 1 aromatic heterocycles. The Morgan fingerprint density at radius 1 is 1.13 bits per heavy atom. The maximum Gasteiger partial charge on any atom is 0.307 e. The molecule has 0 unspecified atom stereocenters. The third kappa shape index (κ3) is 7.61. The lowest BCUT2D eigenvalue weighted by molar-refractivity contribution is -0.144. The van der Waals surface area contributed by atoms with Crippen LogP contribution >= 0.6 is 11.3 Å². The van der Waals surface area contributed by atoms with E-state index >= 15 is 0 Å². The van der Waals surface area contributed by atoms with Gasteiger partial charge in [-0.25, -0.2) is 0 Å². The van der Waals surface area contributed by atoms with Crippen molar-refractivity contribution in [3.63, 3.8) is 0 Å². The number of hydrogen-bond acceptors (Lipinski definition) is 5. The van der Waals surface area contributed by atoms with Gasteiger partial charge < -0.3 is 14.5 Å². The lowest BCUT2D eigenvalue weighted by Crippen LogP contribution is -2.40. The van der Waals surface area contributed by atoms with Crippen LogP contribution in [0.15, 0.2) is 17.5 Å².